The van der Waals surface area contributed by atoms with Gasteiger partial charge in [-0.1, -0.05) is 12.1 Å². The van der Waals surface area contributed by atoms with Crippen molar-refractivity contribution in [3.05, 3.63) is 35.4 Å². The Morgan fingerprint density at radius 2 is 1.71 bits per heavy atom. The molecule has 0 aromatic heterocycles. The molecule has 3 heteroatoms. The van der Waals surface area contributed by atoms with Crippen LogP contribution in [0.2, 0.25) is 0 Å². The molecule has 2 bridgehead atoms. The Hall–Kier alpha value is -1.77. The number of carbonyl (C=O) groups excluding carboxylic acids is 1. The number of hydrogen-bond acceptors (Lipinski definition) is 3. The molecule has 1 aromatic carbocycles. The molecule has 21 heavy (non-hydrogen) atoms. The Bertz CT molecular complexity index is 614. The van der Waals surface area contributed by atoms with Crippen molar-refractivity contribution < 1.29 is 14.3 Å². The number of hydrogen-bond donors (Lipinski definition) is 0. The summed E-state index contributed by atoms with van der Waals surface area (Å²) in [4.78, 5) is 12.2. The van der Waals surface area contributed by atoms with Crippen molar-refractivity contribution in [2.24, 2.45) is 23.7 Å². The summed E-state index contributed by atoms with van der Waals surface area (Å²) in [6.45, 7) is 0. The van der Waals surface area contributed by atoms with Crippen molar-refractivity contribution >= 4 is 11.5 Å². The summed E-state index contributed by atoms with van der Waals surface area (Å²) in [5.41, 5.74) is 3.34. The number of carbonyl (C=O) groups is 1. The lowest BCUT2D eigenvalue weighted by atomic mass is 9.59. The molecule has 3 aliphatic carbocycles. The lowest BCUT2D eigenvalue weighted by Gasteiger charge is -2.44. The van der Waals surface area contributed by atoms with Gasteiger partial charge in [0.05, 0.1) is 14.2 Å². The number of benzene rings is 1. The second kappa shape index (κ2) is 4.62. The minimum Gasteiger partial charge on any atom is -0.497 e. The molecule has 4 rings (SSSR count). The molecule has 2 fully saturated rings. The molecular weight excluding hydrogens is 264 g/mol. The van der Waals surface area contributed by atoms with Crippen LogP contribution in [-0.2, 0) is 9.53 Å². The van der Waals surface area contributed by atoms with Gasteiger partial charge in [-0.25, -0.2) is 4.79 Å². The van der Waals surface area contributed by atoms with Crippen LogP contribution in [0.5, 0.6) is 5.75 Å². The molecule has 0 radical (unpaired) electrons. The third kappa shape index (κ3) is 1.69. The molecule has 0 saturated heterocycles. The number of esters is 1. The van der Waals surface area contributed by atoms with Gasteiger partial charge in [0, 0.05) is 11.5 Å². The fourth-order valence-corrected chi connectivity index (χ4v) is 4.86. The van der Waals surface area contributed by atoms with Gasteiger partial charge in [-0.2, -0.15) is 0 Å². The van der Waals surface area contributed by atoms with Crippen molar-refractivity contribution in [3.8, 4) is 5.75 Å². The fourth-order valence-electron chi connectivity index (χ4n) is 4.86. The van der Waals surface area contributed by atoms with Gasteiger partial charge >= 0.3 is 5.97 Å². The van der Waals surface area contributed by atoms with Crippen LogP contribution >= 0.6 is 0 Å². The second-order valence-corrected chi connectivity index (χ2v) is 6.43. The maximum atomic E-state index is 12.2. The molecule has 0 aliphatic heterocycles. The summed E-state index contributed by atoms with van der Waals surface area (Å²) >= 11 is 0. The minimum atomic E-state index is -0.130. The highest BCUT2D eigenvalue weighted by molar-refractivity contribution is 6.03. The summed E-state index contributed by atoms with van der Waals surface area (Å²) in [5.74, 6) is 3.22. The third-order valence-corrected chi connectivity index (χ3v) is 5.68. The molecule has 0 N–H and O–H groups in total. The number of allylic oxidation sites excluding steroid dienone is 1. The van der Waals surface area contributed by atoms with Crippen molar-refractivity contribution in [3.63, 3.8) is 0 Å². The number of methoxy groups -OCH3 is 2. The lowest BCUT2D eigenvalue weighted by molar-refractivity contribution is -0.137. The first-order chi connectivity index (χ1) is 10.2. The highest BCUT2D eigenvalue weighted by atomic mass is 16.5. The molecule has 0 spiro atoms. The maximum Gasteiger partial charge on any atom is 0.334 e. The molecule has 1 aromatic rings. The van der Waals surface area contributed by atoms with E-state index in [9.17, 15) is 4.79 Å². The fraction of sp³-hybridized carbons (Fsp3) is 0.500. The Labute approximate surface area is 124 Å². The van der Waals surface area contributed by atoms with Crippen molar-refractivity contribution in [1.82, 2.24) is 0 Å². The van der Waals surface area contributed by atoms with Crippen LogP contribution in [0.1, 0.15) is 24.8 Å². The van der Waals surface area contributed by atoms with Gasteiger partial charge in [0.2, 0.25) is 0 Å². The van der Waals surface area contributed by atoms with E-state index in [0.717, 1.165) is 22.8 Å². The van der Waals surface area contributed by atoms with Gasteiger partial charge in [0.15, 0.2) is 0 Å². The smallest absolute Gasteiger partial charge is 0.334 e. The zero-order chi connectivity index (χ0) is 14.6. The van der Waals surface area contributed by atoms with Gasteiger partial charge in [0.1, 0.15) is 5.75 Å². The normalized spacial score (nSPS) is 32.7. The SMILES string of the molecule is COC(=O)C1=C(c2ccc(OC)cc2)[C@@H]2[C@H]3CC[C@H](C3)[C@H]12. The lowest BCUT2D eigenvalue weighted by Crippen LogP contribution is -2.38. The molecular formula is C18H20O3. The standard InChI is InChI=1S/C18H20O3/c1-20-13-7-5-10(6-8-13)14-15-11-3-4-12(9-11)16(15)17(14)18(19)21-2/h5-8,11-12,15-16H,3-4,9H2,1-2H3/t11-,12+,15-,16-/m0/s1. The van der Waals surface area contributed by atoms with E-state index in [0.29, 0.717) is 17.8 Å². The zero-order valence-corrected chi connectivity index (χ0v) is 12.5. The van der Waals surface area contributed by atoms with Gasteiger partial charge in [-0.15, -0.1) is 0 Å². The summed E-state index contributed by atoms with van der Waals surface area (Å²) < 4.78 is 10.3. The van der Waals surface area contributed by atoms with Gasteiger partial charge < -0.3 is 9.47 Å². The average molecular weight is 284 g/mol. The zero-order valence-electron chi connectivity index (χ0n) is 12.5. The van der Waals surface area contributed by atoms with Crippen LogP contribution in [-0.4, -0.2) is 20.2 Å². The molecule has 0 heterocycles. The second-order valence-electron chi connectivity index (χ2n) is 6.43. The van der Waals surface area contributed by atoms with E-state index in [-0.39, 0.29) is 5.97 Å². The average Bonchev–Trinajstić information content (AvgIpc) is 3.06. The summed E-state index contributed by atoms with van der Waals surface area (Å²) in [6.07, 6.45) is 3.89. The number of fused-ring (bicyclic) bond motifs is 5. The molecule has 110 valence electrons. The van der Waals surface area contributed by atoms with E-state index < -0.39 is 0 Å². The summed E-state index contributed by atoms with van der Waals surface area (Å²) in [5, 5.41) is 0. The maximum absolute atomic E-state index is 12.2. The highest BCUT2D eigenvalue weighted by Gasteiger charge is 2.58. The first-order valence-electron chi connectivity index (χ1n) is 7.71. The Balaban J connectivity index is 1.77. The minimum absolute atomic E-state index is 0.130. The van der Waals surface area contributed by atoms with Crippen molar-refractivity contribution in [2.75, 3.05) is 14.2 Å². The topological polar surface area (TPSA) is 35.5 Å². The quantitative estimate of drug-likeness (QED) is 0.799. The molecule has 4 atom stereocenters. The van der Waals surface area contributed by atoms with Crippen LogP contribution in [0.3, 0.4) is 0 Å². The van der Waals surface area contributed by atoms with Crippen LogP contribution in [0.25, 0.3) is 5.57 Å². The Morgan fingerprint density at radius 1 is 1.05 bits per heavy atom. The highest BCUT2D eigenvalue weighted by Crippen LogP contribution is 2.66. The van der Waals surface area contributed by atoms with Gasteiger partial charge in [0.25, 0.3) is 0 Å². The molecule has 3 nitrogen and oxygen atoms in total. The van der Waals surface area contributed by atoms with E-state index in [1.165, 1.54) is 31.9 Å². The third-order valence-electron chi connectivity index (χ3n) is 5.68. The first-order valence-corrected chi connectivity index (χ1v) is 7.71. The van der Waals surface area contributed by atoms with Crippen LogP contribution in [0.15, 0.2) is 29.8 Å². The van der Waals surface area contributed by atoms with Crippen LogP contribution in [0.4, 0.5) is 0 Å². The summed E-state index contributed by atoms with van der Waals surface area (Å²) in [6, 6.07) is 8.08. The van der Waals surface area contributed by atoms with Crippen LogP contribution < -0.4 is 4.74 Å². The van der Waals surface area contributed by atoms with Crippen LogP contribution in [0, 0.1) is 23.7 Å². The number of rotatable bonds is 3. The van der Waals surface area contributed by atoms with E-state index in [4.69, 9.17) is 9.47 Å². The van der Waals surface area contributed by atoms with Gasteiger partial charge in [-0.3, -0.25) is 0 Å². The van der Waals surface area contributed by atoms with Gasteiger partial charge in [-0.05, 0) is 60.3 Å². The number of ether oxygens (including phenoxy) is 2. The monoisotopic (exact) mass is 284 g/mol. The molecule has 2 saturated carbocycles. The first kappa shape index (κ1) is 12.9. The molecule has 3 aliphatic rings. The van der Waals surface area contributed by atoms with E-state index in [2.05, 4.69) is 12.1 Å². The summed E-state index contributed by atoms with van der Waals surface area (Å²) in [7, 11) is 3.16. The Kier molecular flexibility index (Phi) is 2.84. The molecule has 0 amide bonds. The largest absolute Gasteiger partial charge is 0.497 e. The van der Waals surface area contributed by atoms with E-state index in [1.54, 1.807) is 7.11 Å². The predicted molar refractivity (Wildman–Crippen MR) is 79.7 cm³/mol. The van der Waals surface area contributed by atoms with Crippen molar-refractivity contribution in [1.29, 1.82) is 0 Å². The van der Waals surface area contributed by atoms with Crippen molar-refractivity contribution in [2.45, 2.75) is 19.3 Å². The predicted octanol–water partition coefficient (Wildman–Crippen LogP) is 3.30. The van der Waals surface area contributed by atoms with E-state index in [1.807, 2.05) is 12.1 Å². The molecule has 0 unspecified atom stereocenters. The van der Waals surface area contributed by atoms with E-state index >= 15 is 0 Å². The Morgan fingerprint density at radius 3 is 2.33 bits per heavy atom.